The zero-order chi connectivity index (χ0) is 24.6. The highest BCUT2D eigenvalue weighted by molar-refractivity contribution is 5.94. The molecule has 1 aliphatic heterocycles. The lowest BCUT2D eigenvalue weighted by atomic mass is 9.71. The summed E-state index contributed by atoms with van der Waals surface area (Å²) in [4.78, 5) is 38.2. The van der Waals surface area contributed by atoms with Crippen LogP contribution >= 0.6 is 0 Å². The number of hydrogen-bond donors (Lipinski definition) is 1. The van der Waals surface area contributed by atoms with Crippen LogP contribution in [0.1, 0.15) is 72.1 Å². The van der Waals surface area contributed by atoms with Gasteiger partial charge in [0, 0.05) is 50.8 Å². The Morgan fingerprint density at radius 3 is 2.35 bits per heavy atom. The number of ether oxygens (including phenoxy) is 1. The second kappa shape index (κ2) is 12.0. The maximum absolute atomic E-state index is 12.7. The van der Waals surface area contributed by atoms with E-state index in [0.29, 0.717) is 30.0 Å². The lowest BCUT2D eigenvalue weighted by Gasteiger charge is -2.41. The highest BCUT2D eigenvalue weighted by atomic mass is 16.5. The molecule has 1 aliphatic rings. The first-order chi connectivity index (χ1) is 16.4. The van der Waals surface area contributed by atoms with Gasteiger partial charge in [-0.3, -0.25) is 9.59 Å². The van der Waals surface area contributed by atoms with Gasteiger partial charge in [0.1, 0.15) is 5.82 Å². The minimum absolute atomic E-state index is 0.0644. The molecule has 1 fully saturated rings. The zero-order valence-electron chi connectivity index (χ0n) is 20.6. The van der Waals surface area contributed by atoms with Crippen molar-refractivity contribution < 1.29 is 14.3 Å². The maximum Gasteiger partial charge on any atom is 0.256 e. The predicted molar refractivity (Wildman–Crippen MR) is 132 cm³/mol. The number of piperidine rings is 1. The number of carbonyl (C=O) groups excluding carboxylic acids is 2. The first kappa shape index (κ1) is 25.8. The van der Waals surface area contributed by atoms with E-state index in [4.69, 9.17) is 20.4 Å². The molecule has 1 aromatic heterocycles. The number of likely N-dealkylation sites (tertiary alicyclic amines) is 1. The molecule has 0 aliphatic carbocycles. The molecule has 1 saturated heterocycles. The van der Waals surface area contributed by atoms with Gasteiger partial charge in [-0.15, -0.1) is 0 Å². The average Bonchev–Trinajstić information content (AvgIpc) is 2.88. The van der Waals surface area contributed by atoms with Crippen LogP contribution in [-0.2, 0) is 10.2 Å². The lowest BCUT2D eigenvalue weighted by molar-refractivity contribution is 0.0771. The maximum atomic E-state index is 12.7. The number of carbonyl (C=O) groups is 2. The third kappa shape index (κ3) is 5.80. The average molecular weight is 468 g/mol. The Kier molecular flexibility index (Phi) is 9.12. The van der Waals surface area contributed by atoms with Gasteiger partial charge in [0.25, 0.3) is 5.91 Å². The van der Waals surface area contributed by atoms with Crippen molar-refractivity contribution >= 4 is 11.8 Å². The Morgan fingerprint density at radius 2 is 1.76 bits per heavy atom. The van der Waals surface area contributed by atoms with Gasteiger partial charge in [0.2, 0.25) is 5.91 Å². The molecule has 0 radical (unpaired) electrons. The molecule has 8 heteroatoms. The number of nitrogens with zero attached hydrogens (tertiary/aromatic N) is 4. The van der Waals surface area contributed by atoms with E-state index in [1.54, 1.807) is 23.4 Å². The number of rotatable bonds is 11. The molecule has 0 spiro atoms. The molecule has 0 bridgehead atoms. The van der Waals surface area contributed by atoms with Crippen molar-refractivity contribution in [3.8, 4) is 0 Å². The van der Waals surface area contributed by atoms with Gasteiger partial charge in [-0.2, -0.15) is 0 Å². The minimum atomic E-state index is -0.452. The Labute approximate surface area is 202 Å². The highest BCUT2D eigenvalue weighted by Gasteiger charge is 2.40. The summed E-state index contributed by atoms with van der Waals surface area (Å²) in [5.41, 5.74) is 7.08. The van der Waals surface area contributed by atoms with Crippen LogP contribution in [0.4, 0.5) is 0 Å². The van der Waals surface area contributed by atoms with Crippen LogP contribution < -0.4 is 5.73 Å². The highest BCUT2D eigenvalue weighted by Crippen LogP contribution is 2.40. The number of hydrogen-bond acceptors (Lipinski definition) is 6. The molecule has 184 valence electrons. The van der Waals surface area contributed by atoms with Crippen molar-refractivity contribution in [1.82, 2.24) is 19.8 Å². The summed E-state index contributed by atoms with van der Waals surface area (Å²) in [6.07, 6.45) is 5.89. The molecular formula is C26H37N5O3. The first-order valence-electron chi connectivity index (χ1n) is 12.3. The third-order valence-electron chi connectivity index (χ3n) is 6.75. The Hall–Kier alpha value is -2.84. The van der Waals surface area contributed by atoms with Crippen LogP contribution in [-0.4, -0.2) is 77.5 Å². The molecule has 8 nitrogen and oxygen atoms in total. The van der Waals surface area contributed by atoms with E-state index in [-0.39, 0.29) is 5.91 Å². The number of amides is 2. The number of benzene rings is 1. The molecular weight excluding hydrogens is 430 g/mol. The number of nitrogens with two attached hydrogens (primary N) is 1. The minimum Gasteiger partial charge on any atom is -0.382 e. The quantitative estimate of drug-likeness (QED) is 0.510. The van der Waals surface area contributed by atoms with E-state index >= 15 is 0 Å². The Bertz CT molecular complexity index is 951. The second-order valence-corrected chi connectivity index (χ2v) is 8.69. The summed E-state index contributed by atoms with van der Waals surface area (Å²) in [6, 6.07) is 7.49. The summed E-state index contributed by atoms with van der Waals surface area (Å²) in [5.74, 6) is 0.163. The van der Waals surface area contributed by atoms with E-state index in [9.17, 15) is 9.59 Å². The fourth-order valence-electron chi connectivity index (χ4n) is 4.68. The smallest absolute Gasteiger partial charge is 0.256 e. The normalized spacial score (nSPS) is 15.7. The van der Waals surface area contributed by atoms with Gasteiger partial charge in [-0.1, -0.05) is 12.1 Å². The van der Waals surface area contributed by atoms with Gasteiger partial charge >= 0.3 is 0 Å². The van der Waals surface area contributed by atoms with Crippen molar-refractivity contribution in [2.24, 2.45) is 5.73 Å². The molecule has 2 heterocycles. The summed E-state index contributed by atoms with van der Waals surface area (Å²) < 4.78 is 5.48. The zero-order valence-corrected chi connectivity index (χ0v) is 20.6. The largest absolute Gasteiger partial charge is 0.382 e. The van der Waals surface area contributed by atoms with Crippen LogP contribution in [0.25, 0.3) is 0 Å². The topological polar surface area (TPSA) is 102 Å². The van der Waals surface area contributed by atoms with Crippen LogP contribution in [0.15, 0.2) is 36.7 Å². The Morgan fingerprint density at radius 1 is 1.09 bits per heavy atom. The summed E-state index contributed by atoms with van der Waals surface area (Å²) in [7, 11) is 0. The molecule has 0 saturated carbocycles. The molecule has 2 aromatic rings. The van der Waals surface area contributed by atoms with Crippen molar-refractivity contribution in [3.05, 3.63) is 59.2 Å². The monoisotopic (exact) mass is 467 g/mol. The van der Waals surface area contributed by atoms with E-state index in [1.807, 2.05) is 39.0 Å². The molecule has 0 atom stereocenters. The molecule has 3 rings (SSSR count). The van der Waals surface area contributed by atoms with Crippen LogP contribution in [0, 0.1) is 0 Å². The van der Waals surface area contributed by atoms with Crippen molar-refractivity contribution in [3.63, 3.8) is 0 Å². The van der Waals surface area contributed by atoms with E-state index in [1.165, 1.54) is 0 Å². The van der Waals surface area contributed by atoms with Crippen LogP contribution in [0.3, 0.4) is 0 Å². The summed E-state index contributed by atoms with van der Waals surface area (Å²) >= 11 is 0. The van der Waals surface area contributed by atoms with Crippen molar-refractivity contribution in [1.29, 1.82) is 0 Å². The van der Waals surface area contributed by atoms with E-state index in [0.717, 1.165) is 57.7 Å². The lowest BCUT2D eigenvalue weighted by Crippen LogP contribution is -2.45. The fourth-order valence-corrected chi connectivity index (χ4v) is 4.68. The van der Waals surface area contributed by atoms with Gasteiger partial charge in [-0.05, 0) is 70.8 Å². The van der Waals surface area contributed by atoms with Crippen molar-refractivity contribution in [2.75, 3.05) is 45.9 Å². The summed E-state index contributed by atoms with van der Waals surface area (Å²) in [6.45, 7) is 11.5. The van der Waals surface area contributed by atoms with Gasteiger partial charge in [-0.25, -0.2) is 9.97 Å². The molecule has 0 unspecified atom stereocenters. The van der Waals surface area contributed by atoms with Crippen LogP contribution in [0.2, 0.25) is 0 Å². The van der Waals surface area contributed by atoms with Gasteiger partial charge < -0.3 is 20.3 Å². The molecule has 1 aromatic carbocycles. The van der Waals surface area contributed by atoms with Gasteiger partial charge in [0.15, 0.2) is 0 Å². The van der Waals surface area contributed by atoms with Crippen molar-refractivity contribution in [2.45, 2.75) is 45.4 Å². The number of aromatic nitrogens is 2. The number of primary amides is 1. The molecule has 2 amide bonds. The third-order valence-corrected chi connectivity index (χ3v) is 6.75. The van der Waals surface area contributed by atoms with Gasteiger partial charge in [0.05, 0.1) is 11.0 Å². The van der Waals surface area contributed by atoms with E-state index < -0.39 is 11.3 Å². The Balaban J connectivity index is 1.89. The SMILES string of the molecule is CCOCCCN1CCC(c2cccc(C(N)=O)c2)(c2ncc(C(=O)N(CC)CC)cn2)CC1. The first-order valence-corrected chi connectivity index (χ1v) is 12.3. The standard InChI is InChI=1S/C26H37N5O3/c1-4-31(5-2)24(33)21-18-28-25(29-19-21)26(22-10-7-9-20(17-22)23(27)32)11-14-30(15-12-26)13-8-16-34-6-3/h7,9-10,17-19H,4-6,8,11-16H2,1-3H3,(H2,27,32). The fraction of sp³-hybridized carbons (Fsp3) is 0.538. The van der Waals surface area contributed by atoms with E-state index in [2.05, 4.69) is 4.90 Å². The second-order valence-electron chi connectivity index (χ2n) is 8.69. The predicted octanol–water partition coefficient (Wildman–Crippen LogP) is 2.87. The van der Waals surface area contributed by atoms with Crippen LogP contribution in [0.5, 0.6) is 0 Å². The summed E-state index contributed by atoms with van der Waals surface area (Å²) in [5, 5.41) is 0. The molecule has 2 N–H and O–H groups in total. The molecule has 34 heavy (non-hydrogen) atoms.